The number of hydrogen-bond acceptors (Lipinski definition) is 3. The van der Waals surface area contributed by atoms with Crippen LogP contribution in [0.4, 0.5) is 0 Å². The van der Waals surface area contributed by atoms with Crippen molar-refractivity contribution in [1.29, 1.82) is 0 Å². The highest BCUT2D eigenvalue weighted by molar-refractivity contribution is 7.88. The fourth-order valence-corrected chi connectivity index (χ4v) is 3.50. The van der Waals surface area contributed by atoms with Crippen molar-refractivity contribution in [3.63, 3.8) is 0 Å². The molecule has 1 amide bonds. The van der Waals surface area contributed by atoms with Crippen molar-refractivity contribution >= 4 is 15.9 Å². The number of sulfonamides is 1. The first-order chi connectivity index (χ1) is 7.98. The molecule has 2 aliphatic heterocycles. The van der Waals surface area contributed by atoms with Gasteiger partial charge in [-0.25, -0.2) is 12.7 Å². The number of piperidine rings is 1. The minimum Gasteiger partial charge on any atom is -0.342 e. The van der Waals surface area contributed by atoms with Gasteiger partial charge in [0.15, 0.2) is 0 Å². The molecular weight excluding hydrogens is 240 g/mol. The van der Waals surface area contributed by atoms with Gasteiger partial charge in [-0.05, 0) is 25.7 Å². The van der Waals surface area contributed by atoms with E-state index in [1.165, 1.54) is 10.6 Å². The van der Waals surface area contributed by atoms with Gasteiger partial charge >= 0.3 is 0 Å². The summed E-state index contributed by atoms with van der Waals surface area (Å²) in [5.41, 5.74) is 0. The normalized spacial score (nSPS) is 24.2. The lowest BCUT2D eigenvalue weighted by Crippen LogP contribution is -2.43. The van der Waals surface area contributed by atoms with Crippen molar-refractivity contribution in [3.05, 3.63) is 0 Å². The third-order valence-corrected chi connectivity index (χ3v) is 4.99. The molecule has 2 aliphatic rings. The quantitative estimate of drug-likeness (QED) is 0.716. The molecule has 98 valence electrons. The number of hydrogen-bond donors (Lipinski definition) is 0. The fourth-order valence-electron chi connectivity index (χ4n) is 2.63. The number of nitrogens with zero attached hydrogens (tertiary/aromatic N) is 2. The van der Waals surface area contributed by atoms with E-state index in [2.05, 4.69) is 0 Å². The molecule has 6 heteroatoms. The van der Waals surface area contributed by atoms with E-state index < -0.39 is 10.0 Å². The third-order valence-electron chi connectivity index (χ3n) is 3.69. The second-order valence-electron chi connectivity index (χ2n) is 4.97. The van der Waals surface area contributed by atoms with E-state index in [1.807, 2.05) is 4.90 Å². The molecule has 0 radical (unpaired) electrons. The Morgan fingerprint density at radius 3 is 2.06 bits per heavy atom. The number of likely N-dealkylation sites (tertiary alicyclic amines) is 1. The van der Waals surface area contributed by atoms with Crippen molar-refractivity contribution in [3.8, 4) is 0 Å². The highest BCUT2D eigenvalue weighted by Gasteiger charge is 2.32. The van der Waals surface area contributed by atoms with Gasteiger partial charge < -0.3 is 4.90 Å². The van der Waals surface area contributed by atoms with Gasteiger partial charge in [-0.1, -0.05) is 0 Å². The summed E-state index contributed by atoms with van der Waals surface area (Å²) in [6.07, 6.45) is 4.78. The Labute approximate surface area is 103 Å². The van der Waals surface area contributed by atoms with Crippen LogP contribution >= 0.6 is 0 Å². The Balaban J connectivity index is 1.88. The van der Waals surface area contributed by atoms with Crippen LogP contribution in [0.5, 0.6) is 0 Å². The molecule has 0 saturated carbocycles. The molecule has 2 saturated heterocycles. The summed E-state index contributed by atoms with van der Waals surface area (Å²) < 4.78 is 24.2. The molecule has 0 unspecified atom stereocenters. The summed E-state index contributed by atoms with van der Waals surface area (Å²) in [7, 11) is -3.09. The van der Waals surface area contributed by atoms with Crippen LogP contribution in [0.1, 0.15) is 25.7 Å². The Kier molecular flexibility index (Phi) is 3.73. The molecule has 2 heterocycles. The number of carbonyl (C=O) groups is 1. The molecule has 0 bridgehead atoms. The second-order valence-corrected chi connectivity index (χ2v) is 6.95. The Morgan fingerprint density at radius 1 is 1.06 bits per heavy atom. The van der Waals surface area contributed by atoms with Crippen LogP contribution in [-0.2, 0) is 14.8 Å². The second kappa shape index (κ2) is 4.94. The van der Waals surface area contributed by atoms with Crippen molar-refractivity contribution in [2.75, 3.05) is 32.4 Å². The maximum Gasteiger partial charge on any atom is 0.225 e. The largest absolute Gasteiger partial charge is 0.342 e. The summed E-state index contributed by atoms with van der Waals surface area (Å²) in [6, 6.07) is 0. The zero-order valence-corrected chi connectivity index (χ0v) is 11.1. The Morgan fingerprint density at radius 2 is 1.59 bits per heavy atom. The standard InChI is InChI=1S/C11H20N2O3S/c1-17(15,16)13-8-4-10(5-9-13)11(14)12-6-2-3-7-12/h10H,2-9H2,1H3. The zero-order valence-electron chi connectivity index (χ0n) is 10.3. The van der Waals surface area contributed by atoms with Crippen LogP contribution in [0, 0.1) is 5.92 Å². The van der Waals surface area contributed by atoms with Crippen LogP contribution in [-0.4, -0.2) is 56.0 Å². The summed E-state index contributed by atoms with van der Waals surface area (Å²) in [5.74, 6) is 0.266. The lowest BCUT2D eigenvalue weighted by Gasteiger charge is -2.31. The molecule has 0 aromatic rings. The highest BCUT2D eigenvalue weighted by Crippen LogP contribution is 2.23. The van der Waals surface area contributed by atoms with Crippen LogP contribution in [0.2, 0.25) is 0 Å². The molecule has 0 spiro atoms. The van der Waals surface area contributed by atoms with E-state index in [1.54, 1.807) is 0 Å². The predicted octanol–water partition coefficient (Wildman–Crippen LogP) is 0.280. The first-order valence-electron chi connectivity index (χ1n) is 6.22. The number of rotatable bonds is 2. The molecular formula is C11H20N2O3S. The van der Waals surface area contributed by atoms with Gasteiger partial charge in [0.1, 0.15) is 0 Å². The minimum atomic E-state index is -3.09. The smallest absolute Gasteiger partial charge is 0.225 e. The highest BCUT2D eigenvalue weighted by atomic mass is 32.2. The molecule has 0 atom stereocenters. The summed E-state index contributed by atoms with van der Waals surface area (Å²) >= 11 is 0. The fraction of sp³-hybridized carbons (Fsp3) is 0.909. The number of carbonyl (C=O) groups excluding carboxylic acids is 1. The van der Waals surface area contributed by atoms with Crippen LogP contribution < -0.4 is 0 Å². The van der Waals surface area contributed by atoms with Gasteiger partial charge in [0, 0.05) is 32.1 Å². The van der Waals surface area contributed by atoms with E-state index in [-0.39, 0.29) is 11.8 Å². The predicted molar refractivity (Wildman–Crippen MR) is 65.0 cm³/mol. The first kappa shape index (κ1) is 12.8. The van der Waals surface area contributed by atoms with E-state index >= 15 is 0 Å². The molecule has 0 aliphatic carbocycles. The lowest BCUT2D eigenvalue weighted by atomic mass is 9.97. The molecule has 0 aromatic carbocycles. The number of amides is 1. The summed E-state index contributed by atoms with van der Waals surface area (Å²) in [5, 5.41) is 0. The maximum atomic E-state index is 12.1. The zero-order chi connectivity index (χ0) is 12.5. The van der Waals surface area contributed by atoms with Gasteiger partial charge in [0.05, 0.1) is 6.26 Å². The van der Waals surface area contributed by atoms with E-state index in [0.29, 0.717) is 25.9 Å². The van der Waals surface area contributed by atoms with Crippen molar-refractivity contribution in [2.24, 2.45) is 5.92 Å². The Bertz CT molecular complexity index is 380. The van der Waals surface area contributed by atoms with E-state index in [0.717, 1.165) is 25.9 Å². The Hall–Kier alpha value is -0.620. The average molecular weight is 260 g/mol. The van der Waals surface area contributed by atoms with Gasteiger partial charge in [0.2, 0.25) is 15.9 Å². The topological polar surface area (TPSA) is 57.7 Å². The molecule has 5 nitrogen and oxygen atoms in total. The summed E-state index contributed by atoms with van der Waals surface area (Å²) in [6.45, 7) is 2.74. The van der Waals surface area contributed by atoms with Crippen molar-refractivity contribution in [2.45, 2.75) is 25.7 Å². The van der Waals surface area contributed by atoms with Crippen LogP contribution in [0.3, 0.4) is 0 Å². The SMILES string of the molecule is CS(=O)(=O)N1CCC(C(=O)N2CCCC2)CC1. The molecule has 2 fully saturated rings. The van der Waals surface area contributed by atoms with Crippen LogP contribution in [0.15, 0.2) is 0 Å². The van der Waals surface area contributed by atoms with Gasteiger partial charge in [-0.15, -0.1) is 0 Å². The van der Waals surface area contributed by atoms with Crippen molar-refractivity contribution in [1.82, 2.24) is 9.21 Å². The average Bonchev–Trinajstić information content (AvgIpc) is 2.80. The maximum absolute atomic E-state index is 12.1. The molecule has 0 aromatic heterocycles. The van der Waals surface area contributed by atoms with Gasteiger partial charge in [-0.3, -0.25) is 4.79 Å². The van der Waals surface area contributed by atoms with E-state index in [4.69, 9.17) is 0 Å². The van der Waals surface area contributed by atoms with Gasteiger partial charge in [0.25, 0.3) is 0 Å². The summed E-state index contributed by atoms with van der Waals surface area (Å²) in [4.78, 5) is 14.0. The lowest BCUT2D eigenvalue weighted by molar-refractivity contribution is -0.135. The minimum absolute atomic E-state index is 0.0334. The first-order valence-corrected chi connectivity index (χ1v) is 8.07. The molecule has 0 N–H and O–H groups in total. The van der Waals surface area contributed by atoms with Crippen molar-refractivity contribution < 1.29 is 13.2 Å². The molecule has 2 rings (SSSR count). The molecule has 17 heavy (non-hydrogen) atoms. The van der Waals surface area contributed by atoms with Crippen LogP contribution in [0.25, 0.3) is 0 Å². The van der Waals surface area contributed by atoms with E-state index in [9.17, 15) is 13.2 Å². The van der Waals surface area contributed by atoms with Gasteiger partial charge in [-0.2, -0.15) is 0 Å². The third kappa shape index (κ3) is 2.98. The monoisotopic (exact) mass is 260 g/mol.